The van der Waals surface area contributed by atoms with Crippen LogP contribution in [0, 0.1) is 12.8 Å². The molecule has 0 fully saturated rings. The van der Waals surface area contributed by atoms with Crippen molar-refractivity contribution in [3.05, 3.63) is 30.0 Å². The van der Waals surface area contributed by atoms with E-state index >= 15 is 0 Å². The molecule has 0 atom stereocenters. The molecule has 0 saturated carbocycles. The van der Waals surface area contributed by atoms with Gasteiger partial charge in [-0.25, -0.2) is 0 Å². The minimum atomic E-state index is 0.735. The quantitative estimate of drug-likeness (QED) is 0.577. The Kier molecular flexibility index (Phi) is 7.99. The number of benzene rings is 1. The summed E-state index contributed by atoms with van der Waals surface area (Å²) in [6.07, 6.45) is 6.84. The predicted octanol–water partition coefficient (Wildman–Crippen LogP) is 4.77. The summed E-state index contributed by atoms with van der Waals surface area (Å²) in [6.45, 7) is 9.83. The van der Waals surface area contributed by atoms with E-state index in [1.54, 1.807) is 7.11 Å². The van der Waals surface area contributed by atoms with Gasteiger partial charge in [-0.15, -0.1) is 0 Å². The zero-order valence-corrected chi connectivity index (χ0v) is 16.2. The first kappa shape index (κ1) is 19.5. The number of nitrogens with one attached hydrogen (secondary N) is 2. The monoisotopic (exact) mass is 343 g/mol. The molecule has 0 aliphatic carbocycles. The number of aryl methyl sites for hydroxylation is 1. The molecule has 0 saturated heterocycles. The smallest absolute Gasteiger partial charge is 0.121 e. The number of anilines is 1. The molecule has 2 rings (SSSR count). The topological polar surface area (TPSA) is 46.2 Å². The molecule has 0 spiro atoms. The summed E-state index contributed by atoms with van der Waals surface area (Å²) in [4.78, 5) is 4.55. The number of aromatic nitrogens is 1. The van der Waals surface area contributed by atoms with Gasteiger partial charge in [0.1, 0.15) is 5.75 Å². The van der Waals surface area contributed by atoms with Gasteiger partial charge in [-0.1, -0.05) is 26.7 Å². The van der Waals surface area contributed by atoms with Crippen molar-refractivity contribution < 1.29 is 4.74 Å². The molecule has 0 unspecified atom stereocenters. The molecule has 1 aromatic heterocycles. The van der Waals surface area contributed by atoms with Crippen LogP contribution in [-0.2, 0) is 0 Å². The lowest BCUT2D eigenvalue weighted by atomic mass is 10.1. The number of ether oxygens (including phenoxy) is 1. The highest BCUT2D eigenvalue weighted by Gasteiger charge is 2.07. The third kappa shape index (κ3) is 6.20. The molecule has 138 valence electrons. The fourth-order valence-electron chi connectivity index (χ4n) is 2.96. The Morgan fingerprint density at radius 1 is 1.08 bits per heavy atom. The molecule has 4 nitrogen and oxygen atoms in total. The SMILES string of the molecule is COc1cc(NCCCCCCNCC(C)C)c2nccc(C)c2c1. The van der Waals surface area contributed by atoms with E-state index in [2.05, 4.69) is 42.5 Å². The molecule has 1 aromatic carbocycles. The van der Waals surface area contributed by atoms with E-state index in [0.29, 0.717) is 0 Å². The minimum absolute atomic E-state index is 0.735. The highest BCUT2D eigenvalue weighted by atomic mass is 16.5. The van der Waals surface area contributed by atoms with Gasteiger partial charge >= 0.3 is 0 Å². The summed E-state index contributed by atoms with van der Waals surface area (Å²) in [5.41, 5.74) is 3.32. The Hall–Kier alpha value is -1.81. The molecule has 0 radical (unpaired) electrons. The molecule has 0 amide bonds. The van der Waals surface area contributed by atoms with Crippen LogP contribution in [-0.4, -0.2) is 31.7 Å². The maximum absolute atomic E-state index is 5.44. The third-order valence-corrected chi connectivity index (χ3v) is 4.42. The first-order chi connectivity index (χ1) is 12.1. The minimum Gasteiger partial charge on any atom is -0.497 e. The first-order valence-corrected chi connectivity index (χ1v) is 9.49. The van der Waals surface area contributed by atoms with Gasteiger partial charge in [0, 0.05) is 24.2 Å². The Morgan fingerprint density at radius 3 is 2.56 bits per heavy atom. The maximum atomic E-state index is 5.44. The van der Waals surface area contributed by atoms with Crippen LogP contribution in [0.1, 0.15) is 45.1 Å². The lowest BCUT2D eigenvalue weighted by Gasteiger charge is -2.12. The summed E-state index contributed by atoms with van der Waals surface area (Å²) in [5.74, 6) is 1.61. The number of pyridine rings is 1. The lowest BCUT2D eigenvalue weighted by molar-refractivity contribution is 0.415. The van der Waals surface area contributed by atoms with Gasteiger partial charge in [0.25, 0.3) is 0 Å². The van der Waals surface area contributed by atoms with Crippen molar-refractivity contribution >= 4 is 16.6 Å². The Balaban J connectivity index is 1.78. The molecule has 2 N–H and O–H groups in total. The molecule has 0 bridgehead atoms. The molecule has 1 heterocycles. The van der Waals surface area contributed by atoms with Crippen LogP contribution < -0.4 is 15.4 Å². The standard InChI is InChI=1S/C21H33N3O/c1-16(2)15-22-10-7-5-6-8-11-23-20-14-18(25-4)13-19-17(3)9-12-24-21(19)20/h9,12-14,16,22-23H,5-8,10-11,15H2,1-4H3. The van der Waals surface area contributed by atoms with E-state index < -0.39 is 0 Å². The molecule has 0 aliphatic heterocycles. The van der Waals surface area contributed by atoms with Crippen molar-refractivity contribution in [2.24, 2.45) is 5.92 Å². The Morgan fingerprint density at radius 2 is 1.84 bits per heavy atom. The second-order valence-electron chi connectivity index (χ2n) is 7.14. The van der Waals surface area contributed by atoms with E-state index in [4.69, 9.17) is 4.74 Å². The number of unbranched alkanes of at least 4 members (excludes halogenated alkanes) is 3. The number of fused-ring (bicyclic) bond motifs is 1. The molecule has 0 aliphatic rings. The Bertz CT molecular complexity index is 655. The van der Waals surface area contributed by atoms with Crippen LogP contribution in [0.25, 0.3) is 10.9 Å². The maximum Gasteiger partial charge on any atom is 0.121 e. The summed E-state index contributed by atoms with van der Waals surface area (Å²) in [6, 6.07) is 6.15. The third-order valence-electron chi connectivity index (χ3n) is 4.42. The zero-order chi connectivity index (χ0) is 18.1. The van der Waals surface area contributed by atoms with Crippen molar-refractivity contribution in [2.45, 2.75) is 46.5 Å². The summed E-state index contributed by atoms with van der Waals surface area (Å²) in [5, 5.41) is 8.20. The first-order valence-electron chi connectivity index (χ1n) is 9.49. The van der Waals surface area contributed by atoms with Gasteiger partial charge in [-0.05, 0) is 56.5 Å². The number of hydrogen-bond donors (Lipinski definition) is 2. The van der Waals surface area contributed by atoms with Crippen LogP contribution in [0.5, 0.6) is 5.75 Å². The second kappa shape index (κ2) is 10.2. The second-order valence-corrected chi connectivity index (χ2v) is 7.14. The van der Waals surface area contributed by atoms with Gasteiger partial charge in [0.05, 0.1) is 18.3 Å². The van der Waals surface area contributed by atoms with Crippen molar-refractivity contribution in [2.75, 3.05) is 32.1 Å². The van der Waals surface area contributed by atoms with Crippen LogP contribution in [0.3, 0.4) is 0 Å². The van der Waals surface area contributed by atoms with E-state index in [-0.39, 0.29) is 0 Å². The Labute approximate surface area is 152 Å². The van der Waals surface area contributed by atoms with Crippen molar-refractivity contribution in [1.82, 2.24) is 10.3 Å². The van der Waals surface area contributed by atoms with E-state index in [0.717, 1.165) is 47.9 Å². The van der Waals surface area contributed by atoms with Gasteiger partial charge in [-0.3, -0.25) is 4.98 Å². The van der Waals surface area contributed by atoms with Gasteiger partial charge < -0.3 is 15.4 Å². The van der Waals surface area contributed by atoms with Crippen LogP contribution >= 0.6 is 0 Å². The van der Waals surface area contributed by atoms with Crippen molar-refractivity contribution in [3.8, 4) is 5.75 Å². The fraction of sp³-hybridized carbons (Fsp3) is 0.571. The normalized spacial score (nSPS) is 11.2. The summed E-state index contributed by atoms with van der Waals surface area (Å²) < 4.78 is 5.44. The molecular formula is C21H33N3O. The van der Waals surface area contributed by atoms with Gasteiger partial charge in [-0.2, -0.15) is 0 Å². The number of rotatable bonds is 11. The highest BCUT2D eigenvalue weighted by molar-refractivity contribution is 5.93. The van der Waals surface area contributed by atoms with Gasteiger partial charge in [0.2, 0.25) is 0 Å². The number of nitrogens with zero attached hydrogens (tertiary/aromatic N) is 1. The molecule has 2 aromatic rings. The lowest BCUT2D eigenvalue weighted by Crippen LogP contribution is -2.20. The molecule has 4 heteroatoms. The largest absolute Gasteiger partial charge is 0.497 e. The average molecular weight is 344 g/mol. The number of methoxy groups -OCH3 is 1. The molecule has 25 heavy (non-hydrogen) atoms. The predicted molar refractivity (Wildman–Crippen MR) is 108 cm³/mol. The fourth-order valence-corrected chi connectivity index (χ4v) is 2.96. The van der Waals surface area contributed by atoms with E-state index in [1.165, 1.54) is 31.2 Å². The van der Waals surface area contributed by atoms with Crippen molar-refractivity contribution in [3.63, 3.8) is 0 Å². The number of hydrogen-bond acceptors (Lipinski definition) is 4. The average Bonchev–Trinajstić information content (AvgIpc) is 2.60. The van der Waals surface area contributed by atoms with E-state index in [1.807, 2.05) is 18.3 Å². The van der Waals surface area contributed by atoms with E-state index in [9.17, 15) is 0 Å². The van der Waals surface area contributed by atoms with Crippen molar-refractivity contribution in [1.29, 1.82) is 0 Å². The molecular weight excluding hydrogens is 310 g/mol. The van der Waals surface area contributed by atoms with Gasteiger partial charge in [0.15, 0.2) is 0 Å². The summed E-state index contributed by atoms with van der Waals surface area (Å²) >= 11 is 0. The highest BCUT2D eigenvalue weighted by Crippen LogP contribution is 2.29. The summed E-state index contributed by atoms with van der Waals surface area (Å²) in [7, 11) is 1.71. The van der Waals surface area contributed by atoms with Crippen LogP contribution in [0.2, 0.25) is 0 Å². The van der Waals surface area contributed by atoms with Crippen LogP contribution in [0.15, 0.2) is 24.4 Å². The zero-order valence-electron chi connectivity index (χ0n) is 16.2. The van der Waals surface area contributed by atoms with Crippen LogP contribution in [0.4, 0.5) is 5.69 Å².